The van der Waals surface area contributed by atoms with Crippen molar-refractivity contribution in [3.05, 3.63) is 66.2 Å². The van der Waals surface area contributed by atoms with E-state index in [0.29, 0.717) is 11.3 Å². The average molecular weight is 502 g/mol. The molecule has 0 N–H and O–H groups in total. The maximum atomic E-state index is 13.8. The number of hydrogen-bond donors (Lipinski definition) is 0. The van der Waals surface area contributed by atoms with Crippen molar-refractivity contribution in [2.75, 3.05) is 26.2 Å². The lowest BCUT2D eigenvalue weighted by Gasteiger charge is -2.33. The summed E-state index contributed by atoms with van der Waals surface area (Å²) in [5.41, 5.74) is 0.659. The summed E-state index contributed by atoms with van der Waals surface area (Å²) >= 11 is 0. The summed E-state index contributed by atoms with van der Waals surface area (Å²) in [6.07, 6.45) is 1.10. The quantitative estimate of drug-likeness (QED) is 0.415. The van der Waals surface area contributed by atoms with Crippen LogP contribution in [0.3, 0.4) is 0 Å². The van der Waals surface area contributed by atoms with Crippen LogP contribution >= 0.6 is 0 Å². The maximum Gasteiger partial charge on any atom is 0.280 e. The molecule has 1 aliphatic rings. The van der Waals surface area contributed by atoms with E-state index < -0.39 is 22.4 Å². The molecule has 4 aromatic rings. The number of halogens is 2. The number of alkyl halides is 2. The first-order valence-electron chi connectivity index (χ1n) is 10.8. The number of piperazine rings is 1. The van der Waals surface area contributed by atoms with Crippen LogP contribution in [0, 0.1) is 0 Å². The highest BCUT2D eigenvalue weighted by atomic mass is 32.2. The highest BCUT2D eigenvalue weighted by molar-refractivity contribution is 7.89. The predicted molar refractivity (Wildman–Crippen MR) is 121 cm³/mol. The second kappa shape index (κ2) is 8.82. The summed E-state index contributed by atoms with van der Waals surface area (Å²) in [4.78, 5) is 19.3. The van der Waals surface area contributed by atoms with E-state index in [9.17, 15) is 22.0 Å². The van der Waals surface area contributed by atoms with Crippen LogP contribution in [0.25, 0.3) is 16.9 Å². The molecule has 1 saturated heterocycles. The molecule has 0 bridgehead atoms. The van der Waals surface area contributed by atoms with Crippen LogP contribution in [-0.4, -0.2) is 74.1 Å². The zero-order valence-corrected chi connectivity index (χ0v) is 19.4. The Morgan fingerprint density at radius 2 is 1.74 bits per heavy atom. The molecule has 13 heteroatoms. The number of aromatic nitrogens is 5. The third-order valence-electron chi connectivity index (χ3n) is 5.87. The summed E-state index contributed by atoms with van der Waals surface area (Å²) < 4.78 is 56.9. The number of rotatable bonds is 5. The molecule has 0 radical (unpaired) electrons. The molecule has 182 valence electrons. The molecule has 3 aromatic heterocycles. The summed E-state index contributed by atoms with van der Waals surface area (Å²) in [7, 11) is -2.10. The van der Waals surface area contributed by atoms with Crippen LogP contribution in [0.15, 0.2) is 59.9 Å². The number of fused-ring (bicyclic) bond motifs is 1. The molecule has 0 atom stereocenters. The lowest BCUT2D eigenvalue weighted by molar-refractivity contribution is 0.0699. The summed E-state index contributed by atoms with van der Waals surface area (Å²) in [6.45, 7) is 0.450. The van der Waals surface area contributed by atoms with E-state index in [2.05, 4.69) is 15.2 Å². The second-order valence-electron chi connectivity index (χ2n) is 8.07. The van der Waals surface area contributed by atoms with Crippen molar-refractivity contribution in [3.8, 4) is 11.3 Å². The van der Waals surface area contributed by atoms with Gasteiger partial charge in [0.05, 0.1) is 18.1 Å². The van der Waals surface area contributed by atoms with Crippen LogP contribution in [-0.2, 0) is 17.1 Å². The number of amides is 1. The Balaban J connectivity index is 1.42. The Labute approximate surface area is 199 Å². The first kappa shape index (κ1) is 23.1. The van der Waals surface area contributed by atoms with Gasteiger partial charge in [-0.2, -0.15) is 14.5 Å². The predicted octanol–water partition coefficient (Wildman–Crippen LogP) is 2.21. The molecule has 0 spiro atoms. The fourth-order valence-electron chi connectivity index (χ4n) is 4.03. The molecule has 0 aliphatic carbocycles. The van der Waals surface area contributed by atoms with Crippen LogP contribution in [0.5, 0.6) is 0 Å². The van der Waals surface area contributed by atoms with Gasteiger partial charge in [0.25, 0.3) is 12.3 Å². The summed E-state index contributed by atoms with van der Waals surface area (Å²) in [5.74, 6) is -0.448. The second-order valence-corrected chi connectivity index (χ2v) is 10.0. The highest BCUT2D eigenvalue weighted by Crippen LogP contribution is 2.27. The van der Waals surface area contributed by atoms with E-state index in [1.165, 1.54) is 38.5 Å². The standard InChI is InChI=1S/C22H21F2N7O3S/c1-28-14-16(12-25-28)35(33,34)30-9-7-29(8-10-30)22(32)17-13-26-31-19(20(23)24)11-18(27-21(17)31)15-5-3-2-4-6-15/h2-6,11-14,20H,7-10H2,1H3. The van der Waals surface area contributed by atoms with Crippen molar-refractivity contribution < 1.29 is 22.0 Å². The van der Waals surface area contributed by atoms with E-state index >= 15 is 0 Å². The van der Waals surface area contributed by atoms with Crippen molar-refractivity contribution in [2.45, 2.75) is 11.3 Å². The smallest absolute Gasteiger partial charge is 0.280 e. The van der Waals surface area contributed by atoms with Gasteiger partial charge in [0, 0.05) is 45.0 Å². The lowest BCUT2D eigenvalue weighted by atomic mass is 10.1. The first-order chi connectivity index (χ1) is 16.8. The Morgan fingerprint density at radius 3 is 2.37 bits per heavy atom. The molecule has 10 nitrogen and oxygen atoms in total. The minimum Gasteiger partial charge on any atom is -0.336 e. The van der Waals surface area contributed by atoms with Crippen molar-refractivity contribution in [2.24, 2.45) is 7.05 Å². The normalized spacial score (nSPS) is 15.3. The van der Waals surface area contributed by atoms with Gasteiger partial charge in [0.15, 0.2) is 5.65 Å². The number of aryl methyl sites for hydroxylation is 1. The molecule has 5 rings (SSSR count). The minimum absolute atomic E-state index is 0.0251. The van der Waals surface area contributed by atoms with Gasteiger partial charge >= 0.3 is 0 Å². The Hall–Kier alpha value is -3.71. The van der Waals surface area contributed by atoms with Crippen molar-refractivity contribution in [1.29, 1.82) is 0 Å². The average Bonchev–Trinajstić information content (AvgIpc) is 3.50. The first-order valence-corrected chi connectivity index (χ1v) is 12.2. The molecule has 4 heterocycles. The Bertz CT molecular complexity index is 1490. The molecule has 0 saturated carbocycles. The number of nitrogens with zero attached hydrogens (tertiary/aromatic N) is 7. The Kier molecular flexibility index (Phi) is 5.81. The zero-order chi connectivity index (χ0) is 24.7. The molecule has 1 amide bonds. The number of sulfonamides is 1. The maximum absolute atomic E-state index is 13.8. The van der Waals surface area contributed by atoms with Crippen LogP contribution in [0.4, 0.5) is 8.78 Å². The fraction of sp³-hybridized carbons (Fsp3) is 0.273. The molecular formula is C22H21F2N7O3S. The van der Waals surface area contributed by atoms with E-state index in [-0.39, 0.29) is 48.0 Å². The number of benzene rings is 1. The molecule has 35 heavy (non-hydrogen) atoms. The third kappa shape index (κ3) is 4.17. The topological polar surface area (TPSA) is 106 Å². The summed E-state index contributed by atoms with van der Waals surface area (Å²) in [6, 6.07) is 10.1. The molecule has 1 aliphatic heterocycles. The van der Waals surface area contributed by atoms with Gasteiger partial charge < -0.3 is 4.90 Å². The lowest BCUT2D eigenvalue weighted by Crippen LogP contribution is -2.50. The molecule has 0 unspecified atom stereocenters. The summed E-state index contributed by atoms with van der Waals surface area (Å²) in [5, 5.41) is 7.91. The molecular weight excluding hydrogens is 480 g/mol. The van der Waals surface area contributed by atoms with Gasteiger partial charge in [-0.1, -0.05) is 30.3 Å². The highest BCUT2D eigenvalue weighted by Gasteiger charge is 2.32. The molecule has 1 aromatic carbocycles. The largest absolute Gasteiger partial charge is 0.336 e. The Morgan fingerprint density at radius 1 is 1.03 bits per heavy atom. The fourth-order valence-corrected chi connectivity index (χ4v) is 5.44. The van der Waals surface area contributed by atoms with Crippen molar-refractivity contribution in [1.82, 2.24) is 33.6 Å². The van der Waals surface area contributed by atoms with Gasteiger partial charge in [-0.15, -0.1) is 0 Å². The third-order valence-corrected chi connectivity index (χ3v) is 7.72. The van der Waals surface area contributed by atoms with E-state index in [1.807, 2.05) is 0 Å². The van der Waals surface area contributed by atoms with Gasteiger partial charge in [-0.25, -0.2) is 26.7 Å². The monoisotopic (exact) mass is 501 g/mol. The van der Waals surface area contributed by atoms with E-state index in [0.717, 1.165) is 4.52 Å². The van der Waals surface area contributed by atoms with Gasteiger partial charge in [0.2, 0.25) is 10.0 Å². The van der Waals surface area contributed by atoms with Crippen LogP contribution in [0.1, 0.15) is 22.5 Å². The number of hydrogen-bond acceptors (Lipinski definition) is 6. The van der Waals surface area contributed by atoms with E-state index in [1.54, 1.807) is 37.4 Å². The number of carbonyl (C=O) groups excluding carboxylic acids is 1. The van der Waals surface area contributed by atoms with Crippen molar-refractivity contribution in [3.63, 3.8) is 0 Å². The van der Waals surface area contributed by atoms with Gasteiger partial charge in [-0.3, -0.25) is 9.48 Å². The minimum atomic E-state index is -3.73. The SMILES string of the molecule is Cn1cc(S(=O)(=O)N2CCN(C(=O)c3cnn4c(C(F)F)cc(-c5ccccc5)nc34)CC2)cn1. The van der Waals surface area contributed by atoms with Crippen LogP contribution < -0.4 is 0 Å². The van der Waals surface area contributed by atoms with Crippen molar-refractivity contribution >= 4 is 21.6 Å². The van der Waals surface area contributed by atoms with Crippen LogP contribution in [0.2, 0.25) is 0 Å². The van der Waals surface area contributed by atoms with E-state index in [4.69, 9.17) is 0 Å². The van der Waals surface area contributed by atoms with Gasteiger partial charge in [-0.05, 0) is 6.07 Å². The number of carbonyl (C=O) groups is 1. The zero-order valence-electron chi connectivity index (χ0n) is 18.6. The molecule has 1 fully saturated rings. The van der Waals surface area contributed by atoms with Gasteiger partial charge in [0.1, 0.15) is 16.2 Å².